The molecule has 0 bridgehead atoms. The van der Waals surface area contributed by atoms with Gasteiger partial charge in [0.2, 0.25) is 0 Å². The molecule has 3 nitrogen and oxygen atoms in total. The lowest BCUT2D eigenvalue weighted by Gasteiger charge is -2.12. The zero-order chi connectivity index (χ0) is 13.8. The quantitative estimate of drug-likeness (QED) is 0.838. The van der Waals surface area contributed by atoms with Gasteiger partial charge in [0.15, 0.2) is 5.11 Å². The van der Waals surface area contributed by atoms with Crippen molar-refractivity contribution in [3.63, 3.8) is 0 Å². The first-order chi connectivity index (χ1) is 9.06. The summed E-state index contributed by atoms with van der Waals surface area (Å²) in [6.07, 6.45) is 0. The summed E-state index contributed by atoms with van der Waals surface area (Å²) in [5, 5.41) is 7.47. The summed E-state index contributed by atoms with van der Waals surface area (Å²) in [6, 6.07) is 9.52. The second-order valence-corrected chi connectivity index (χ2v) is 5.05. The molecule has 1 aromatic carbocycles. The standard InChI is InChI=1S/C14H15ClN2OS/c1-9-6-7-11(18-9)8-16-14(19)17-13-5-3-4-12(15)10(13)2/h3-7H,8H2,1-2H3,(H2,16,17,19). The topological polar surface area (TPSA) is 37.2 Å². The fourth-order valence-corrected chi connectivity index (χ4v) is 2.01. The minimum atomic E-state index is 0.541. The molecule has 19 heavy (non-hydrogen) atoms. The maximum Gasteiger partial charge on any atom is 0.171 e. The molecule has 0 atom stereocenters. The van der Waals surface area contributed by atoms with Gasteiger partial charge in [-0.3, -0.25) is 0 Å². The van der Waals surface area contributed by atoms with Crippen LogP contribution in [0.1, 0.15) is 17.1 Å². The van der Waals surface area contributed by atoms with Crippen LogP contribution in [0, 0.1) is 13.8 Å². The van der Waals surface area contributed by atoms with E-state index in [9.17, 15) is 0 Å². The average molecular weight is 295 g/mol. The van der Waals surface area contributed by atoms with Crippen LogP contribution in [0.15, 0.2) is 34.7 Å². The van der Waals surface area contributed by atoms with Gasteiger partial charge in [0.1, 0.15) is 11.5 Å². The minimum absolute atomic E-state index is 0.541. The third-order valence-electron chi connectivity index (χ3n) is 2.74. The summed E-state index contributed by atoms with van der Waals surface area (Å²) in [5.41, 5.74) is 1.88. The molecular weight excluding hydrogens is 280 g/mol. The zero-order valence-corrected chi connectivity index (χ0v) is 12.4. The first-order valence-electron chi connectivity index (χ1n) is 5.91. The number of hydrogen-bond donors (Lipinski definition) is 2. The smallest absolute Gasteiger partial charge is 0.171 e. The van der Waals surface area contributed by atoms with Crippen molar-refractivity contribution < 1.29 is 4.42 Å². The largest absolute Gasteiger partial charge is 0.465 e. The molecule has 0 amide bonds. The fraction of sp³-hybridized carbons (Fsp3) is 0.214. The number of furan rings is 1. The summed E-state index contributed by atoms with van der Waals surface area (Å²) in [4.78, 5) is 0. The molecule has 2 aromatic rings. The van der Waals surface area contributed by atoms with Gasteiger partial charge in [0.25, 0.3) is 0 Å². The minimum Gasteiger partial charge on any atom is -0.465 e. The number of rotatable bonds is 3. The Morgan fingerprint density at radius 2 is 2.05 bits per heavy atom. The highest BCUT2D eigenvalue weighted by atomic mass is 35.5. The predicted molar refractivity (Wildman–Crippen MR) is 82.7 cm³/mol. The van der Waals surface area contributed by atoms with Crippen LogP contribution in [-0.4, -0.2) is 5.11 Å². The van der Waals surface area contributed by atoms with Crippen molar-refractivity contribution in [3.8, 4) is 0 Å². The van der Waals surface area contributed by atoms with Gasteiger partial charge >= 0.3 is 0 Å². The van der Waals surface area contributed by atoms with Gasteiger partial charge in [-0.25, -0.2) is 0 Å². The Bertz CT molecular complexity index is 595. The molecule has 1 aromatic heterocycles. The maximum atomic E-state index is 6.05. The summed E-state index contributed by atoms with van der Waals surface area (Å²) in [7, 11) is 0. The predicted octanol–water partition coefficient (Wildman–Crippen LogP) is 4.04. The molecule has 2 N–H and O–H groups in total. The maximum absolute atomic E-state index is 6.05. The molecule has 1 heterocycles. The summed E-state index contributed by atoms with van der Waals surface area (Å²) in [6.45, 7) is 4.41. The van der Waals surface area contributed by atoms with Gasteiger partial charge in [0, 0.05) is 10.7 Å². The fourth-order valence-electron chi connectivity index (χ4n) is 1.66. The molecule has 2 rings (SSSR count). The molecule has 0 radical (unpaired) electrons. The SMILES string of the molecule is Cc1ccc(CNC(=S)Nc2cccc(Cl)c2C)o1. The molecule has 0 aliphatic heterocycles. The molecule has 5 heteroatoms. The van der Waals surface area contributed by atoms with Gasteiger partial charge in [-0.1, -0.05) is 17.7 Å². The van der Waals surface area contributed by atoms with Gasteiger partial charge < -0.3 is 15.1 Å². The third kappa shape index (κ3) is 3.72. The Morgan fingerprint density at radius 3 is 2.74 bits per heavy atom. The second-order valence-electron chi connectivity index (χ2n) is 4.23. The van der Waals surface area contributed by atoms with Crippen molar-refractivity contribution in [2.24, 2.45) is 0 Å². The van der Waals surface area contributed by atoms with E-state index >= 15 is 0 Å². The zero-order valence-electron chi connectivity index (χ0n) is 10.8. The van der Waals surface area contributed by atoms with Crippen LogP contribution >= 0.6 is 23.8 Å². The van der Waals surface area contributed by atoms with E-state index in [0.717, 1.165) is 27.8 Å². The van der Waals surface area contributed by atoms with Crippen molar-refractivity contribution in [2.75, 3.05) is 5.32 Å². The van der Waals surface area contributed by atoms with E-state index in [4.69, 9.17) is 28.2 Å². The Hall–Kier alpha value is -1.52. The van der Waals surface area contributed by atoms with Gasteiger partial charge in [-0.2, -0.15) is 0 Å². The first kappa shape index (κ1) is 13.9. The van der Waals surface area contributed by atoms with Crippen LogP contribution in [0.5, 0.6) is 0 Å². The van der Waals surface area contributed by atoms with Crippen LogP contribution in [0.25, 0.3) is 0 Å². The highest BCUT2D eigenvalue weighted by Gasteiger charge is 2.04. The summed E-state index contributed by atoms with van der Waals surface area (Å²) >= 11 is 11.3. The summed E-state index contributed by atoms with van der Waals surface area (Å²) < 4.78 is 5.46. The van der Waals surface area contributed by atoms with Crippen molar-refractivity contribution in [1.29, 1.82) is 0 Å². The number of anilines is 1. The first-order valence-corrected chi connectivity index (χ1v) is 6.70. The van der Waals surface area contributed by atoms with Gasteiger partial charge in [-0.05, 0) is 55.9 Å². The van der Waals surface area contributed by atoms with Crippen LogP contribution in [0.2, 0.25) is 5.02 Å². The second kappa shape index (κ2) is 6.08. The number of halogens is 1. The molecule has 100 valence electrons. The molecule has 0 saturated heterocycles. The monoisotopic (exact) mass is 294 g/mol. The number of hydrogen-bond acceptors (Lipinski definition) is 2. The van der Waals surface area contributed by atoms with E-state index in [1.807, 2.05) is 44.2 Å². The van der Waals surface area contributed by atoms with Crippen molar-refractivity contribution in [2.45, 2.75) is 20.4 Å². The van der Waals surface area contributed by atoms with Crippen molar-refractivity contribution >= 4 is 34.6 Å². The molecule has 0 spiro atoms. The normalized spacial score (nSPS) is 10.3. The Labute approximate surface area is 123 Å². The van der Waals surface area contributed by atoms with E-state index in [0.29, 0.717) is 11.7 Å². The van der Waals surface area contributed by atoms with E-state index in [1.54, 1.807) is 0 Å². The van der Waals surface area contributed by atoms with Gasteiger partial charge in [0.05, 0.1) is 6.54 Å². The molecule has 0 aliphatic rings. The highest BCUT2D eigenvalue weighted by molar-refractivity contribution is 7.80. The number of nitrogens with one attached hydrogen (secondary N) is 2. The van der Waals surface area contributed by atoms with E-state index < -0.39 is 0 Å². The lowest BCUT2D eigenvalue weighted by Crippen LogP contribution is -2.28. The lowest BCUT2D eigenvalue weighted by atomic mass is 10.2. The average Bonchev–Trinajstić information content (AvgIpc) is 2.78. The van der Waals surface area contributed by atoms with Crippen LogP contribution in [0.4, 0.5) is 5.69 Å². The molecule has 0 fully saturated rings. The van der Waals surface area contributed by atoms with E-state index in [1.165, 1.54) is 0 Å². The third-order valence-corrected chi connectivity index (χ3v) is 3.39. The number of aryl methyl sites for hydroxylation is 1. The Balaban J connectivity index is 1.92. The number of thiocarbonyl (C=S) groups is 1. The number of benzene rings is 1. The Morgan fingerprint density at radius 1 is 1.26 bits per heavy atom. The van der Waals surface area contributed by atoms with Gasteiger partial charge in [-0.15, -0.1) is 0 Å². The summed E-state index contributed by atoms with van der Waals surface area (Å²) in [5.74, 6) is 1.74. The molecule has 0 saturated carbocycles. The Kier molecular flexibility index (Phi) is 4.45. The van der Waals surface area contributed by atoms with Crippen molar-refractivity contribution in [3.05, 3.63) is 52.4 Å². The molecule has 0 aliphatic carbocycles. The highest BCUT2D eigenvalue weighted by Crippen LogP contribution is 2.22. The molecular formula is C14H15ClN2OS. The van der Waals surface area contributed by atoms with E-state index in [2.05, 4.69) is 10.6 Å². The van der Waals surface area contributed by atoms with Crippen molar-refractivity contribution in [1.82, 2.24) is 5.32 Å². The van der Waals surface area contributed by atoms with Crippen LogP contribution < -0.4 is 10.6 Å². The van der Waals surface area contributed by atoms with E-state index in [-0.39, 0.29) is 0 Å². The van der Waals surface area contributed by atoms with Crippen LogP contribution in [0.3, 0.4) is 0 Å². The lowest BCUT2D eigenvalue weighted by molar-refractivity contribution is 0.478. The molecule has 0 unspecified atom stereocenters. The van der Waals surface area contributed by atoms with Crippen LogP contribution in [-0.2, 0) is 6.54 Å².